The van der Waals surface area contributed by atoms with Gasteiger partial charge in [0.2, 0.25) is 0 Å². The first-order chi connectivity index (χ1) is 12.7. The molecule has 150 valence electrons. The maximum Gasteiger partial charge on any atom is 0.191 e. The molecule has 0 radical (unpaired) electrons. The largest absolute Gasteiger partial charge is 0.381 e. The van der Waals surface area contributed by atoms with Crippen molar-refractivity contribution in [2.24, 2.45) is 10.9 Å². The summed E-state index contributed by atoms with van der Waals surface area (Å²) >= 11 is 0. The molecule has 0 unspecified atom stereocenters. The van der Waals surface area contributed by atoms with E-state index in [2.05, 4.69) is 48.5 Å². The number of ether oxygens (including phenoxy) is 1. The Bertz CT molecular complexity index is 658. The number of nitrogens with one attached hydrogen (secondary N) is 2. The molecule has 0 atom stereocenters. The second kappa shape index (κ2) is 13.5. The van der Waals surface area contributed by atoms with E-state index in [1.165, 1.54) is 0 Å². The second-order valence-electron chi connectivity index (χ2n) is 6.54. The van der Waals surface area contributed by atoms with Crippen LogP contribution in [0.15, 0.2) is 48.0 Å². The number of para-hydroxylation sites is 1. The molecule has 0 aliphatic heterocycles. The van der Waals surface area contributed by atoms with E-state index in [4.69, 9.17) is 9.73 Å². The Kier molecular flexibility index (Phi) is 11.8. The highest BCUT2D eigenvalue weighted by Crippen LogP contribution is 2.14. The lowest BCUT2D eigenvalue weighted by atomic mass is 10.2. The van der Waals surface area contributed by atoms with Gasteiger partial charge in [0.1, 0.15) is 0 Å². The van der Waals surface area contributed by atoms with Crippen molar-refractivity contribution in [3.63, 3.8) is 0 Å². The minimum Gasteiger partial charge on any atom is -0.381 e. The minimum absolute atomic E-state index is 0. The molecule has 0 spiro atoms. The fourth-order valence-electron chi connectivity index (χ4n) is 2.50. The Morgan fingerprint density at radius 1 is 1.26 bits per heavy atom. The van der Waals surface area contributed by atoms with E-state index < -0.39 is 0 Å². The van der Waals surface area contributed by atoms with Gasteiger partial charge in [0.15, 0.2) is 5.96 Å². The van der Waals surface area contributed by atoms with Crippen LogP contribution in [0.1, 0.15) is 32.8 Å². The van der Waals surface area contributed by atoms with Crippen LogP contribution >= 0.6 is 24.0 Å². The summed E-state index contributed by atoms with van der Waals surface area (Å²) in [5.74, 6) is 1.41. The van der Waals surface area contributed by atoms with Gasteiger partial charge >= 0.3 is 0 Å². The van der Waals surface area contributed by atoms with Crippen molar-refractivity contribution >= 4 is 29.9 Å². The highest BCUT2D eigenvalue weighted by molar-refractivity contribution is 14.0. The molecule has 2 rings (SSSR count). The number of halogens is 1. The maximum absolute atomic E-state index is 5.61. The van der Waals surface area contributed by atoms with Gasteiger partial charge in [-0.05, 0) is 30.9 Å². The normalized spacial score (nSPS) is 11.3. The molecular formula is C20H32IN5O. The quantitative estimate of drug-likeness (QED) is 0.234. The lowest BCUT2D eigenvalue weighted by Crippen LogP contribution is -2.38. The summed E-state index contributed by atoms with van der Waals surface area (Å²) in [5.41, 5.74) is 2.26. The third-order valence-corrected chi connectivity index (χ3v) is 3.74. The van der Waals surface area contributed by atoms with Crippen molar-refractivity contribution in [3.05, 3.63) is 48.5 Å². The molecule has 1 heterocycles. The first-order valence-corrected chi connectivity index (χ1v) is 9.36. The summed E-state index contributed by atoms with van der Waals surface area (Å²) in [6.07, 6.45) is 6.50. The van der Waals surface area contributed by atoms with Crippen LogP contribution in [0.25, 0.3) is 5.69 Å². The minimum atomic E-state index is 0. The monoisotopic (exact) mass is 485 g/mol. The van der Waals surface area contributed by atoms with Gasteiger partial charge in [-0.3, -0.25) is 0 Å². The predicted octanol–water partition coefficient (Wildman–Crippen LogP) is 3.61. The van der Waals surface area contributed by atoms with Gasteiger partial charge < -0.3 is 19.9 Å². The standard InChI is InChI=1S/C20H31N5O.HI/c1-4-22-20(23-10-7-13-26-15-17(2)3)24-14-18-8-5-6-9-19(18)25-12-11-21-16-25;/h5-6,8-9,11-12,16-17H,4,7,10,13-15H2,1-3H3,(H2,22,23,24);1H. The van der Waals surface area contributed by atoms with Crippen LogP contribution in [0.3, 0.4) is 0 Å². The molecule has 1 aromatic heterocycles. The number of hydrogen-bond donors (Lipinski definition) is 2. The summed E-state index contributed by atoms with van der Waals surface area (Å²) in [4.78, 5) is 8.85. The Balaban J connectivity index is 0.00000364. The van der Waals surface area contributed by atoms with E-state index in [-0.39, 0.29) is 24.0 Å². The molecule has 6 nitrogen and oxygen atoms in total. The van der Waals surface area contributed by atoms with Crippen molar-refractivity contribution in [1.29, 1.82) is 0 Å². The number of rotatable bonds is 10. The van der Waals surface area contributed by atoms with Crippen molar-refractivity contribution < 1.29 is 4.74 Å². The first kappa shape index (κ1) is 23.4. The zero-order valence-corrected chi connectivity index (χ0v) is 18.8. The van der Waals surface area contributed by atoms with Gasteiger partial charge in [0.25, 0.3) is 0 Å². The van der Waals surface area contributed by atoms with Crippen molar-refractivity contribution in [3.8, 4) is 5.69 Å². The number of aliphatic imine (C=N–C) groups is 1. The van der Waals surface area contributed by atoms with Crippen molar-refractivity contribution in [2.45, 2.75) is 33.7 Å². The topological polar surface area (TPSA) is 63.5 Å². The van der Waals surface area contributed by atoms with Gasteiger partial charge in [-0.15, -0.1) is 24.0 Å². The lowest BCUT2D eigenvalue weighted by Gasteiger charge is -2.13. The summed E-state index contributed by atoms with van der Waals surface area (Å²) in [5, 5.41) is 6.67. The molecule has 2 N–H and O–H groups in total. The van der Waals surface area contributed by atoms with Gasteiger partial charge in [0.05, 0.1) is 18.6 Å². The Labute approximate surface area is 179 Å². The number of nitrogens with zero attached hydrogens (tertiary/aromatic N) is 3. The predicted molar refractivity (Wildman–Crippen MR) is 122 cm³/mol. The molecule has 0 saturated heterocycles. The van der Waals surface area contributed by atoms with Gasteiger partial charge in [-0.2, -0.15) is 0 Å². The zero-order valence-electron chi connectivity index (χ0n) is 16.5. The molecule has 0 saturated carbocycles. The molecule has 0 amide bonds. The van der Waals surface area contributed by atoms with Crippen LogP contribution < -0.4 is 10.6 Å². The Hall–Kier alpha value is -1.61. The van der Waals surface area contributed by atoms with E-state index in [9.17, 15) is 0 Å². The number of hydrogen-bond acceptors (Lipinski definition) is 3. The van der Waals surface area contributed by atoms with Crippen LogP contribution in [0.2, 0.25) is 0 Å². The molecule has 0 aliphatic carbocycles. The smallest absolute Gasteiger partial charge is 0.191 e. The van der Waals surface area contributed by atoms with Crippen LogP contribution in [0, 0.1) is 5.92 Å². The maximum atomic E-state index is 5.61. The molecule has 7 heteroatoms. The van der Waals surface area contributed by atoms with Crippen LogP contribution in [0.4, 0.5) is 0 Å². The fourth-order valence-corrected chi connectivity index (χ4v) is 2.50. The van der Waals surface area contributed by atoms with E-state index in [1.54, 1.807) is 6.20 Å². The average Bonchev–Trinajstić information content (AvgIpc) is 3.17. The third-order valence-electron chi connectivity index (χ3n) is 3.74. The molecule has 0 bridgehead atoms. The number of guanidine groups is 1. The van der Waals surface area contributed by atoms with Crippen molar-refractivity contribution in [2.75, 3.05) is 26.3 Å². The number of aromatic nitrogens is 2. The van der Waals surface area contributed by atoms with Crippen LogP contribution in [0.5, 0.6) is 0 Å². The van der Waals surface area contributed by atoms with Gasteiger partial charge in [0, 0.05) is 38.7 Å². The summed E-state index contributed by atoms with van der Waals surface area (Å²) < 4.78 is 7.63. The van der Waals surface area contributed by atoms with Gasteiger partial charge in [-0.25, -0.2) is 9.98 Å². The molecule has 2 aromatic rings. The van der Waals surface area contributed by atoms with E-state index in [0.717, 1.165) is 49.9 Å². The highest BCUT2D eigenvalue weighted by atomic mass is 127. The average molecular weight is 485 g/mol. The third kappa shape index (κ3) is 8.75. The molecule has 0 aliphatic rings. The van der Waals surface area contributed by atoms with Crippen LogP contribution in [-0.4, -0.2) is 41.8 Å². The summed E-state index contributed by atoms with van der Waals surface area (Å²) in [7, 11) is 0. The van der Waals surface area contributed by atoms with Gasteiger partial charge in [-0.1, -0.05) is 32.0 Å². The van der Waals surface area contributed by atoms with Crippen molar-refractivity contribution in [1.82, 2.24) is 20.2 Å². The second-order valence-corrected chi connectivity index (χ2v) is 6.54. The first-order valence-electron chi connectivity index (χ1n) is 9.36. The Morgan fingerprint density at radius 2 is 2.07 bits per heavy atom. The molecular weight excluding hydrogens is 453 g/mol. The highest BCUT2D eigenvalue weighted by Gasteiger charge is 2.04. The molecule has 0 fully saturated rings. The summed E-state index contributed by atoms with van der Waals surface area (Å²) in [6, 6.07) is 8.25. The summed E-state index contributed by atoms with van der Waals surface area (Å²) in [6.45, 7) is 10.3. The number of benzene rings is 1. The van der Waals surface area contributed by atoms with E-state index >= 15 is 0 Å². The lowest BCUT2D eigenvalue weighted by molar-refractivity contribution is 0.108. The fraction of sp³-hybridized carbons (Fsp3) is 0.500. The SMILES string of the molecule is CCNC(=NCc1ccccc1-n1ccnc1)NCCCOCC(C)C.I. The number of imidazole rings is 1. The zero-order chi connectivity index (χ0) is 18.6. The Morgan fingerprint density at radius 3 is 2.78 bits per heavy atom. The van der Waals surface area contributed by atoms with Crippen LogP contribution in [-0.2, 0) is 11.3 Å². The van der Waals surface area contributed by atoms with E-state index in [1.807, 2.05) is 29.2 Å². The molecule has 1 aromatic carbocycles. The molecule has 27 heavy (non-hydrogen) atoms. The van der Waals surface area contributed by atoms with E-state index in [0.29, 0.717) is 12.5 Å².